The van der Waals surface area contributed by atoms with E-state index in [-0.39, 0.29) is 23.1 Å². The molecule has 172 valence electrons. The highest BCUT2D eigenvalue weighted by atomic mass is 35.5. The molecule has 0 fully saturated rings. The summed E-state index contributed by atoms with van der Waals surface area (Å²) in [5.41, 5.74) is 3.21. The fourth-order valence-corrected chi connectivity index (χ4v) is 4.31. The Morgan fingerprint density at radius 2 is 1.67 bits per heavy atom. The van der Waals surface area contributed by atoms with Gasteiger partial charge >= 0.3 is 5.97 Å². The lowest BCUT2D eigenvalue weighted by atomic mass is 10.1. The molecule has 2 amide bonds. The Kier molecular flexibility index (Phi) is 7.73. The highest BCUT2D eigenvalue weighted by Gasteiger charge is 2.26. The largest absolute Gasteiger partial charge is 0.484 e. The molecule has 0 bridgehead atoms. The maximum Gasteiger partial charge on any atom is 0.341 e. The van der Waals surface area contributed by atoms with E-state index in [2.05, 4.69) is 10.6 Å². The van der Waals surface area contributed by atoms with Crippen LogP contribution >= 0.6 is 22.9 Å². The zero-order valence-electron chi connectivity index (χ0n) is 18.6. The summed E-state index contributed by atoms with van der Waals surface area (Å²) in [5, 5.41) is 6.31. The third-order valence-electron chi connectivity index (χ3n) is 5.03. The molecule has 1 aromatic heterocycles. The minimum atomic E-state index is -0.650. The molecule has 1 heterocycles. The summed E-state index contributed by atoms with van der Waals surface area (Å²) in [6.45, 7) is 5.22. The molecule has 9 heteroatoms. The monoisotopic (exact) mass is 486 g/mol. The number of benzene rings is 2. The molecule has 0 saturated carbocycles. The van der Waals surface area contributed by atoms with Crippen molar-refractivity contribution in [2.75, 3.05) is 24.4 Å². The Balaban J connectivity index is 1.81. The van der Waals surface area contributed by atoms with E-state index in [0.717, 1.165) is 22.5 Å². The van der Waals surface area contributed by atoms with Gasteiger partial charge < -0.3 is 20.1 Å². The first-order valence-electron chi connectivity index (χ1n) is 9.98. The molecule has 0 aliphatic rings. The Morgan fingerprint density at radius 1 is 0.970 bits per heavy atom. The summed E-state index contributed by atoms with van der Waals surface area (Å²) >= 11 is 6.84. The molecule has 0 aliphatic heterocycles. The fourth-order valence-electron chi connectivity index (χ4n) is 3.07. The average molecular weight is 487 g/mol. The van der Waals surface area contributed by atoms with Crippen LogP contribution in [0.3, 0.4) is 0 Å². The Hall–Kier alpha value is -3.36. The van der Waals surface area contributed by atoms with Gasteiger partial charge in [-0.3, -0.25) is 9.59 Å². The number of aryl methyl sites for hydroxylation is 1. The maximum atomic E-state index is 13.0. The number of hydrogen-bond acceptors (Lipinski definition) is 6. The molecule has 7 nitrogen and oxygen atoms in total. The van der Waals surface area contributed by atoms with Crippen LogP contribution in [0.25, 0.3) is 0 Å². The van der Waals surface area contributed by atoms with Gasteiger partial charge in [-0.25, -0.2) is 4.79 Å². The highest BCUT2D eigenvalue weighted by Crippen LogP contribution is 2.34. The number of esters is 1. The lowest BCUT2D eigenvalue weighted by molar-refractivity contribution is -0.118. The smallest absolute Gasteiger partial charge is 0.341 e. The molecule has 0 unspecified atom stereocenters. The third-order valence-corrected chi connectivity index (χ3v) is 6.49. The van der Waals surface area contributed by atoms with Crippen molar-refractivity contribution in [3.05, 3.63) is 74.6 Å². The van der Waals surface area contributed by atoms with E-state index in [4.69, 9.17) is 21.1 Å². The number of carbonyl (C=O) groups is 3. The number of amides is 2. The second-order valence-electron chi connectivity index (χ2n) is 7.24. The van der Waals surface area contributed by atoms with Crippen LogP contribution in [0.5, 0.6) is 5.75 Å². The predicted molar refractivity (Wildman–Crippen MR) is 130 cm³/mol. The van der Waals surface area contributed by atoms with Crippen molar-refractivity contribution < 1.29 is 23.9 Å². The zero-order chi connectivity index (χ0) is 24.1. The SMILES string of the molecule is COC(=O)c1c(NC(=O)COc2ccc(Cl)cc2)sc(C(=O)Nc2cccc(C)c2C)c1C. The van der Waals surface area contributed by atoms with Gasteiger partial charge in [-0.1, -0.05) is 23.7 Å². The minimum absolute atomic E-state index is 0.133. The highest BCUT2D eigenvalue weighted by molar-refractivity contribution is 7.19. The molecule has 0 spiro atoms. The second-order valence-corrected chi connectivity index (χ2v) is 8.70. The molecule has 33 heavy (non-hydrogen) atoms. The quantitative estimate of drug-likeness (QED) is 0.437. The maximum absolute atomic E-state index is 13.0. The summed E-state index contributed by atoms with van der Waals surface area (Å²) in [7, 11) is 1.24. The van der Waals surface area contributed by atoms with E-state index < -0.39 is 11.9 Å². The van der Waals surface area contributed by atoms with E-state index in [9.17, 15) is 14.4 Å². The first-order chi connectivity index (χ1) is 15.7. The van der Waals surface area contributed by atoms with E-state index in [1.54, 1.807) is 37.3 Å². The lowest BCUT2D eigenvalue weighted by Gasteiger charge is -2.10. The Morgan fingerprint density at radius 3 is 2.33 bits per heavy atom. The summed E-state index contributed by atoms with van der Waals surface area (Å²) in [6.07, 6.45) is 0. The Labute approximate surface area is 200 Å². The number of hydrogen-bond donors (Lipinski definition) is 2. The summed E-state index contributed by atoms with van der Waals surface area (Å²) < 4.78 is 10.3. The zero-order valence-corrected chi connectivity index (χ0v) is 20.1. The van der Waals surface area contributed by atoms with Crippen molar-refractivity contribution in [2.45, 2.75) is 20.8 Å². The van der Waals surface area contributed by atoms with Gasteiger partial charge in [-0.15, -0.1) is 11.3 Å². The van der Waals surface area contributed by atoms with Crippen molar-refractivity contribution in [3.63, 3.8) is 0 Å². The number of rotatable bonds is 7. The number of nitrogens with one attached hydrogen (secondary N) is 2. The molecule has 0 aliphatic carbocycles. The first-order valence-corrected chi connectivity index (χ1v) is 11.2. The second kappa shape index (κ2) is 10.5. The Bertz CT molecular complexity index is 1200. The average Bonchev–Trinajstić information content (AvgIpc) is 3.11. The van der Waals surface area contributed by atoms with Crippen LogP contribution in [0, 0.1) is 20.8 Å². The van der Waals surface area contributed by atoms with E-state index in [1.165, 1.54) is 7.11 Å². The predicted octanol–water partition coefficient (Wildman–Crippen LogP) is 5.38. The van der Waals surface area contributed by atoms with Crippen molar-refractivity contribution >= 4 is 51.4 Å². The van der Waals surface area contributed by atoms with E-state index >= 15 is 0 Å². The van der Waals surface area contributed by atoms with Gasteiger partial charge in [0, 0.05) is 10.7 Å². The van der Waals surface area contributed by atoms with Crippen molar-refractivity contribution in [1.82, 2.24) is 0 Å². The van der Waals surface area contributed by atoms with Crippen molar-refractivity contribution in [2.24, 2.45) is 0 Å². The van der Waals surface area contributed by atoms with Crippen LogP contribution in [-0.2, 0) is 9.53 Å². The molecule has 2 N–H and O–H groups in total. The van der Waals surface area contributed by atoms with Crippen LogP contribution in [0.2, 0.25) is 5.02 Å². The van der Waals surface area contributed by atoms with Crippen LogP contribution in [0.1, 0.15) is 36.7 Å². The lowest BCUT2D eigenvalue weighted by Crippen LogP contribution is -2.21. The molecule has 3 rings (SSSR count). The molecule has 0 radical (unpaired) electrons. The molecule has 3 aromatic rings. The molecule has 0 saturated heterocycles. The molecule has 0 atom stereocenters. The molecular weight excluding hydrogens is 464 g/mol. The van der Waals surface area contributed by atoms with Gasteiger partial charge in [-0.2, -0.15) is 0 Å². The summed E-state index contributed by atoms with van der Waals surface area (Å²) in [5.74, 6) is -1.05. The molecule has 2 aromatic carbocycles. The topological polar surface area (TPSA) is 93.7 Å². The van der Waals surface area contributed by atoms with E-state index in [0.29, 0.717) is 26.9 Å². The minimum Gasteiger partial charge on any atom is -0.484 e. The third kappa shape index (κ3) is 5.71. The van der Waals surface area contributed by atoms with Gasteiger partial charge in [0.2, 0.25) is 0 Å². The number of thiophene rings is 1. The van der Waals surface area contributed by atoms with E-state index in [1.807, 2.05) is 26.0 Å². The molecular formula is C24H23ClN2O5S. The fraction of sp³-hybridized carbons (Fsp3) is 0.208. The van der Waals surface area contributed by atoms with Gasteiger partial charge in [0.1, 0.15) is 10.8 Å². The van der Waals surface area contributed by atoms with Crippen LogP contribution < -0.4 is 15.4 Å². The number of carbonyl (C=O) groups excluding carboxylic acids is 3. The van der Waals surface area contributed by atoms with Crippen molar-refractivity contribution in [3.8, 4) is 5.75 Å². The number of halogens is 1. The summed E-state index contributed by atoms with van der Waals surface area (Å²) in [6, 6.07) is 12.2. The standard InChI is InChI=1S/C24H23ClN2O5S/c1-13-6-5-7-18(14(13)2)26-22(29)21-15(3)20(24(30)31-4)23(33-21)27-19(28)12-32-17-10-8-16(25)9-11-17/h5-11H,12H2,1-4H3,(H,26,29)(H,27,28). The number of ether oxygens (including phenoxy) is 2. The van der Waals surface area contributed by atoms with Crippen molar-refractivity contribution in [1.29, 1.82) is 0 Å². The normalized spacial score (nSPS) is 10.5. The number of anilines is 2. The van der Waals surface area contributed by atoms with Gasteiger partial charge in [0.05, 0.1) is 17.6 Å². The van der Waals surface area contributed by atoms with Gasteiger partial charge in [0.15, 0.2) is 6.61 Å². The van der Waals surface area contributed by atoms with Crippen LogP contribution in [0.4, 0.5) is 10.7 Å². The number of methoxy groups -OCH3 is 1. The first kappa shape index (κ1) is 24.3. The summed E-state index contributed by atoms with van der Waals surface area (Å²) in [4.78, 5) is 38.2. The van der Waals surface area contributed by atoms with Crippen LogP contribution in [0.15, 0.2) is 42.5 Å². The van der Waals surface area contributed by atoms with Gasteiger partial charge in [-0.05, 0) is 67.8 Å². The van der Waals surface area contributed by atoms with Gasteiger partial charge in [0.25, 0.3) is 11.8 Å². The van der Waals surface area contributed by atoms with Crippen LogP contribution in [-0.4, -0.2) is 31.5 Å².